The highest BCUT2D eigenvalue weighted by molar-refractivity contribution is 5.98. The Kier molecular flexibility index (Phi) is 3.88. The van der Waals surface area contributed by atoms with Gasteiger partial charge in [0, 0.05) is 23.0 Å². The first-order valence-corrected chi connectivity index (χ1v) is 8.52. The van der Waals surface area contributed by atoms with E-state index in [0.29, 0.717) is 17.3 Å². The predicted octanol–water partition coefficient (Wildman–Crippen LogP) is 3.99. The molecule has 0 aliphatic rings. The fraction of sp³-hybridized carbons (Fsp3) is 0.200. The van der Waals surface area contributed by atoms with Crippen LogP contribution in [-0.2, 0) is 0 Å². The highest BCUT2D eigenvalue weighted by Gasteiger charge is 2.15. The summed E-state index contributed by atoms with van der Waals surface area (Å²) in [5, 5.41) is 10.2. The maximum atomic E-state index is 11.7. The number of rotatable bonds is 4. The Morgan fingerprint density at radius 1 is 1.15 bits per heavy atom. The molecular weight excluding hydrogens is 326 g/mol. The van der Waals surface area contributed by atoms with Gasteiger partial charge in [0.05, 0.1) is 5.69 Å². The number of aldehydes is 1. The Morgan fingerprint density at radius 3 is 2.77 bits per heavy atom. The van der Waals surface area contributed by atoms with Gasteiger partial charge in [-0.15, -0.1) is 10.2 Å². The molecule has 0 amide bonds. The van der Waals surface area contributed by atoms with Crippen molar-refractivity contribution in [1.29, 1.82) is 0 Å². The average Bonchev–Trinajstić information content (AvgIpc) is 3.26. The van der Waals surface area contributed by atoms with Crippen molar-refractivity contribution in [3.05, 3.63) is 60.2 Å². The number of aromatic nitrogens is 5. The van der Waals surface area contributed by atoms with E-state index in [9.17, 15) is 4.79 Å². The molecule has 0 aliphatic carbocycles. The van der Waals surface area contributed by atoms with Crippen molar-refractivity contribution in [3.63, 3.8) is 0 Å². The minimum absolute atomic E-state index is 0.230. The van der Waals surface area contributed by atoms with Crippen molar-refractivity contribution in [1.82, 2.24) is 24.3 Å². The topological polar surface area (TPSA) is 65.6 Å². The Morgan fingerprint density at radius 2 is 2.00 bits per heavy atom. The molecule has 1 aromatic carbocycles. The van der Waals surface area contributed by atoms with E-state index in [4.69, 9.17) is 4.98 Å². The van der Waals surface area contributed by atoms with Crippen LogP contribution in [0.4, 0.5) is 0 Å². The normalized spacial score (nSPS) is 11.4. The number of pyridine rings is 1. The summed E-state index contributed by atoms with van der Waals surface area (Å²) >= 11 is 0. The van der Waals surface area contributed by atoms with Gasteiger partial charge in [0.15, 0.2) is 12.1 Å². The van der Waals surface area contributed by atoms with Gasteiger partial charge < -0.3 is 4.57 Å². The monoisotopic (exact) mass is 345 g/mol. The van der Waals surface area contributed by atoms with Crippen molar-refractivity contribution >= 4 is 17.1 Å². The van der Waals surface area contributed by atoms with Crippen LogP contribution in [0.15, 0.2) is 48.9 Å². The van der Waals surface area contributed by atoms with Crippen molar-refractivity contribution in [3.8, 4) is 17.3 Å². The summed E-state index contributed by atoms with van der Waals surface area (Å²) in [6, 6.07) is 12.0. The number of hydrogen-bond donors (Lipinski definition) is 0. The van der Waals surface area contributed by atoms with Crippen LogP contribution in [0.5, 0.6) is 0 Å². The average molecular weight is 345 g/mol. The van der Waals surface area contributed by atoms with Crippen LogP contribution in [0, 0.1) is 6.92 Å². The SMILES string of the molecule is Cc1ccc2c(C=O)n(-c3cccc(-c4nncn4C(C)C)n3)cc2c1. The number of aryl methyl sites for hydroxylation is 1. The van der Waals surface area contributed by atoms with E-state index in [-0.39, 0.29) is 6.04 Å². The minimum Gasteiger partial charge on any atom is -0.310 e. The number of fused-ring (bicyclic) bond motifs is 1. The van der Waals surface area contributed by atoms with Crippen LogP contribution in [0.3, 0.4) is 0 Å². The second kappa shape index (κ2) is 6.22. The first-order chi connectivity index (χ1) is 12.6. The first-order valence-electron chi connectivity index (χ1n) is 8.52. The lowest BCUT2D eigenvalue weighted by molar-refractivity contribution is 0.111. The van der Waals surface area contributed by atoms with Gasteiger partial charge in [0.1, 0.15) is 17.8 Å². The van der Waals surface area contributed by atoms with Gasteiger partial charge >= 0.3 is 0 Å². The molecule has 0 fully saturated rings. The molecule has 0 saturated carbocycles. The maximum Gasteiger partial charge on any atom is 0.182 e. The molecule has 4 aromatic rings. The van der Waals surface area contributed by atoms with E-state index in [1.165, 1.54) is 0 Å². The molecule has 0 atom stereocenters. The summed E-state index contributed by atoms with van der Waals surface area (Å²) in [5.74, 6) is 1.39. The quantitative estimate of drug-likeness (QED) is 0.525. The Balaban J connectivity index is 1.88. The number of hydrogen-bond acceptors (Lipinski definition) is 4. The van der Waals surface area contributed by atoms with Gasteiger partial charge in [0.2, 0.25) is 0 Å². The molecular formula is C20H19N5O. The van der Waals surface area contributed by atoms with E-state index in [0.717, 1.165) is 28.3 Å². The highest BCUT2D eigenvalue weighted by Crippen LogP contribution is 2.25. The molecule has 0 radical (unpaired) electrons. The zero-order chi connectivity index (χ0) is 18.3. The molecule has 0 unspecified atom stereocenters. The van der Waals surface area contributed by atoms with E-state index in [2.05, 4.69) is 30.1 Å². The van der Waals surface area contributed by atoms with Crippen LogP contribution in [0.25, 0.3) is 28.1 Å². The second-order valence-corrected chi connectivity index (χ2v) is 6.63. The van der Waals surface area contributed by atoms with E-state index < -0.39 is 0 Å². The summed E-state index contributed by atoms with van der Waals surface area (Å²) < 4.78 is 3.80. The zero-order valence-corrected chi connectivity index (χ0v) is 14.9. The molecule has 26 heavy (non-hydrogen) atoms. The van der Waals surface area contributed by atoms with Crippen molar-refractivity contribution < 1.29 is 4.79 Å². The third-order valence-electron chi connectivity index (χ3n) is 4.46. The molecule has 0 spiro atoms. The fourth-order valence-electron chi connectivity index (χ4n) is 3.16. The Bertz CT molecular complexity index is 1110. The molecule has 0 aliphatic heterocycles. The molecule has 0 saturated heterocycles. The smallest absolute Gasteiger partial charge is 0.182 e. The summed E-state index contributed by atoms with van der Waals surface area (Å²) in [4.78, 5) is 16.5. The molecule has 4 rings (SSSR count). The van der Waals surface area contributed by atoms with E-state index >= 15 is 0 Å². The molecule has 6 nitrogen and oxygen atoms in total. The van der Waals surface area contributed by atoms with Crippen molar-refractivity contribution in [2.45, 2.75) is 26.8 Å². The summed E-state index contributed by atoms with van der Waals surface area (Å²) in [6.07, 6.45) is 4.53. The summed E-state index contributed by atoms with van der Waals surface area (Å²) in [7, 11) is 0. The minimum atomic E-state index is 0.230. The fourth-order valence-corrected chi connectivity index (χ4v) is 3.16. The molecule has 6 heteroatoms. The molecule has 3 heterocycles. The van der Waals surface area contributed by atoms with Gasteiger partial charge in [0.25, 0.3) is 0 Å². The predicted molar refractivity (Wildman–Crippen MR) is 101 cm³/mol. The number of benzene rings is 1. The zero-order valence-electron chi connectivity index (χ0n) is 14.9. The van der Waals surface area contributed by atoms with Crippen LogP contribution in [0.1, 0.15) is 35.9 Å². The van der Waals surface area contributed by atoms with Gasteiger partial charge in [-0.1, -0.05) is 23.8 Å². The molecule has 3 aromatic heterocycles. The van der Waals surface area contributed by atoms with Gasteiger partial charge in [-0.25, -0.2) is 4.98 Å². The van der Waals surface area contributed by atoms with Crippen LogP contribution >= 0.6 is 0 Å². The summed E-state index contributed by atoms with van der Waals surface area (Å²) in [6.45, 7) is 6.18. The van der Waals surface area contributed by atoms with Gasteiger partial charge in [-0.05, 0) is 39.0 Å². The number of carbonyl (C=O) groups is 1. The maximum absolute atomic E-state index is 11.7. The molecule has 0 bridgehead atoms. The lowest BCUT2D eigenvalue weighted by Crippen LogP contribution is -2.05. The van der Waals surface area contributed by atoms with Gasteiger partial charge in [-0.3, -0.25) is 9.36 Å². The standard InChI is InChI=1S/C20H19N5O/c1-13(2)25-12-21-23-20(25)17-5-4-6-19(22-17)24-10-15-9-14(3)7-8-16(15)18(24)11-26/h4-13H,1-3H3. The third kappa shape index (κ3) is 2.60. The van der Waals surface area contributed by atoms with Crippen LogP contribution < -0.4 is 0 Å². The van der Waals surface area contributed by atoms with Gasteiger partial charge in [-0.2, -0.15) is 0 Å². The van der Waals surface area contributed by atoms with Crippen LogP contribution in [0.2, 0.25) is 0 Å². The largest absolute Gasteiger partial charge is 0.310 e. The van der Waals surface area contributed by atoms with Crippen molar-refractivity contribution in [2.24, 2.45) is 0 Å². The molecule has 0 N–H and O–H groups in total. The van der Waals surface area contributed by atoms with Crippen molar-refractivity contribution in [2.75, 3.05) is 0 Å². The summed E-state index contributed by atoms with van der Waals surface area (Å²) in [5.41, 5.74) is 2.47. The lowest BCUT2D eigenvalue weighted by atomic mass is 10.1. The third-order valence-corrected chi connectivity index (χ3v) is 4.46. The highest BCUT2D eigenvalue weighted by atomic mass is 16.1. The second-order valence-electron chi connectivity index (χ2n) is 6.63. The lowest BCUT2D eigenvalue weighted by Gasteiger charge is -2.11. The number of carbonyl (C=O) groups excluding carboxylic acids is 1. The van der Waals surface area contributed by atoms with Crippen LogP contribution in [-0.4, -0.2) is 30.6 Å². The van der Waals surface area contributed by atoms with E-state index in [1.54, 1.807) is 6.33 Å². The Hall–Kier alpha value is -3.28. The number of nitrogens with zero attached hydrogens (tertiary/aromatic N) is 5. The Labute approximate surface area is 151 Å². The molecule has 130 valence electrons. The van der Waals surface area contributed by atoms with E-state index in [1.807, 2.05) is 52.6 Å². The first kappa shape index (κ1) is 16.2.